The van der Waals surface area contributed by atoms with Crippen molar-refractivity contribution in [1.29, 1.82) is 0 Å². The normalized spacial score (nSPS) is 11.3. The number of aromatic nitrogens is 4. The molecule has 27 heavy (non-hydrogen) atoms. The van der Waals surface area contributed by atoms with Gasteiger partial charge in [-0.25, -0.2) is 9.97 Å². The lowest BCUT2D eigenvalue weighted by Gasteiger charge is -2.17. The Morgan fingerprint density at radius 1 is 1.19 bits per heavy atom. The van der Waals surface area contributed by atoms with E-state index in [9.17, 15) is 4.57 Å². The lowest BCUT2D eigenvalue weighted by atomic mass is 10.1. The molecule has 7 nitrogen and oxygen atoms in total. The van der Waals surface area contributed by atoms with E-state index in [0.717, 1.165) is 5.56 Å². The van der Waals surface area contributed by atoms with Gasteiger partial charge in [-0.2, -0.15) is 4.98 Å². The lowest BCUT2D eigenvalue weighted by molar-refractivity contribution is 0.396. The molecule has 0 aliphatic heterocycles. The highest BCUT2D eigenvalue weighted by Crippen LogP contribution is 2.40. The number of hydrogen-bond donors (Lipinski definition) is 1. The highest BCUT2D eigenvalue weighted by atomic mass is 79.9. The quantitative estimate of drug-likeness (QED) is 0.440. The van der Waals surface area contributed by atoms with Crippen molar-refractivity contribution in [1.82, 2.24) is 19.9 Å². The van der Waals surface area contributed by atoms with Crippen LogP contribution in [0.1, 0.15) is 0 Å². The van der Waals surface area contributed by atoms with Gasteiger partial charge in [0.1, 0.15) is 13.0 Å². The van der Waals surface area contributed by atoms with E-state index in [0.29, 0.717) is 32.9 Å². The monoisotopic (exact) mass is 467 g/mol. The van der Waals surface area contributed by atoms with Crippen LogP contribution < -0.4 is 15.4 Å². The summed E-state index contributed by atoms with van der Waals surface area (Å²) in [4.78, 5) is 16.6. The van der Waals surface area contributed by atoms with E-state index in [4.69, 9.17) is 16.3 Å². The Morgan fingerprint density at radius 3 is 2.67 bits per heavy atom. The van der Waals surface area contributed by atoms with E-state index in [-0.39, 0.29) is 5.28 Å². The number of benzene rings is 1. The molecule has 0 fully saturated rings. The molecule has 140 valence electrons. The fourth-order valence-corrected chi connectivity index (χ4v) is 3.97. The Bertz CT molecular complexity index is 1040. The van der Waals surface area contributed by atoms with Crippen molar-refractivity contribution in [2.24, 2.45) is 0 Å². The number of rotatable bonds is 5. The molecule has 0 spiro atoms. The van der Waals surface area contributed by atoms with Gasteiger partial charge >= 0.3 is 0 Å². The molecule has 3 rings (SSSR count). The number of methoxy groups -OCH3 is 1. The second-order valence-corrected chi connectivity index (χ2v) is 10.4. The summed E-state index contributed by atoms with van der Waals surface area (Å²) in [6.07, 6.45) is 4.71. The van der Waals surface area contributed by atoms with E-state index < -0.39 is 7.14 Å². The highest BCUT2D eigenvalue weighted by molar-refractivity contribution is 9.10. The molecule has 0 atom stereocenters. The summed E-state index contributed by atoms with van der Waals surface area (Å²) < 4.78 is 18.7. The summed E-state index contributed by atoms with van der Waals surface area (Å²) in [5.41, 5.74) is 2.07. The van der Waals surface area contributed by atoms with E-state index in [2.05, 4.69) is 41.2 Å². The third kappa shape index (κ3) is 4.64. The van der Waals surface area contributed by atoms with Gasteiger partial charge in [0, 0.05) is 17.1 Å². The first-order valence-corrected chi connectivity index (χ1v) is 11.6. The Balaban J connectivity index is 2.07. The Hall–Kier alpha value is -2.02. The van der Waals surface area contributed by atoms with Crippen molar-refractivity contribution in [2.45, 2.75) is 0 Å². The highest BCUT2D eigenvalue weighted by Gasteiger charge is 2.19. The van der Waals surface area contributed by atoms with Crippen LogP contribution in [0.2, 0.25) is 5.28 Å². The second kappa shape index (κ2) is 7.92. The fraction of sp³-hybridized carbons (Fsp3) is 0.176. The van der Waals surface area contributed by atoms with Crippen LogP contribution in [0.25, 0.3) is 11.3 Å². The molecule has 2 heterocycles. The molecule has 3 aromatic rings. The van der Waals surface area contributed by atoms with Crippen LogP contribution in [0.5, 0.6) is 5.88 Å². The molecule has 0 radical (unpaired) electrons. The molecule has 0 unspecified atom stereocenters. The number of ether oxygens (including phenoxy) is 1. The second-order valence-electron chi connectivity index (χ2n) is 5.99. The first-order chi connectivity index (χ1) is 12.8. The maximum Gasteiger partial charge on any atom is 0.232 e. The van der Waals surface area contributed by atoms with Crippen molar-refractivity contribution < 1.29 is 9.30 Å². The zero-order chi connectivity index (χ0) is 19.6. The molecular formula is C17H16BrClN5O2P. The van der Waals surface area contributed by atoms with Crippen LogP contribution in [0, 0.1) is 0 Å². The van der Waals surface area contributed by atoms with Gasteiger partial charge < -0.3 is 14.6 Å². The van der Waals surface area contributed by atoms with E-state index in [1.54, 1.807) is 25.7 Å². The number of nitrogens with one attached hydrogen (secondary N) is 1. The minimum Gasteiger partial charge on any atom is -0.480 e. The van der Waals surface area contributed by atoms with Gasteiger partial charge in [0.15, 0.2) is 0 Å². The first-order valence-electron chi connectivity index (χ1n) is 7.79. The maximum atomic E-state index is 12.9. The molecule has 0 aliphatic carbocycles. The van der Waals surface area contributed by atoms with E-state index in [1.807, 2.05) is 18.2 Å². The van der Waals surface area contributed by atoms with Crippen LogP contribution >= 0.6 is 34.7 Å². The van der Waals surface area contributed by atoms with Crippen LogP contribution in [0.3, 0.4) is 0 Å². The van der Waals surface area contributed by atoms with E-state index in [1.165, 1.54) is 13.3 Å². The summed E-state index contributed by atoms with van der Waals surface area (Å²) in [6, 6.07) is 5.53. The third-order valence-electron chi connectivity index (χ3n) is 3.66. The first kappa shape index (κ1) is 19.7. The summed E-state index contributed by atoms with van der Waals surface area (Å²) in [5, 5.41) is 3.95. The number of nitrogens with zero attached hydrogens (tertiary/aromatic N) is 4. The van der Waals surface area contributed by atoms with Crippen molar-refractivity contribution in [3.05, 3.63) is 46.5 Å². The third-order valence-corrected chi connectivity index (χ3v) is 5.96. The molecule has 0 saturated carbocycles. The minimum atomic E-state index is -2.62. The van der Waals surface area contributed by atoms with Crippen molar-refractivity contribution in [3.63, 3.8) is 0 Å². The fourth-order valence-electron chi connectivity index (χ4n) is 2.39. The Morgan fingerprint density at radius 2 is 1.96 bits per heavy atom. The molecule has 0 saturated heterocycles. The Kier molecular flexibility index (Phi) is 5.79. The number of anilines is 2. The standard InChI is InChI=1S/C17H16BrClN5O2P/c1-26-15-9-20-8-13(22-15)10-4-5-12(14(6-10)27(2,3)25)23-16-11(18)7-21-17(19)24-16/h4-9H,1-3H3,(H,21,23,24). The summed E-state index contributed by atoms with van der Waals surface area (Å²) in [6.45, 7) is 3.41. The van der Waals surface area contributed by atoms with Gasteiger partial charge in [-0.05, 0) is 53.0 Å². The molecule has 0 amide bonds. The van der Waals surface area contributed by atoms with Gasteiger partial charge in [0.2, 0.25) is 11.2 Å². The average Bonchev–Trinajstić information content (AvgIpc) is 2.64. The van der Waals surface area contributed by atoms with Crippen LogP contribution in [0.15, 0.2) is 41.3 Å². The largest absolute Gasteiger partial charge is 0.480 e. The number of hydrogen-bond acceptors (Lipinski definition) is 7. The van der Waals surface area contributed by atoms with Gasteiger partial charge in [-0.1, -0.05) is 6.07 Å². The minimum absolute atomic E-state index is 0.113. The van der Waals surface area contributed by atoms with Crippen molar-refractivity contribution >= 4 is 51.5 Å². The predicted octanol–water partition coefficient (Wildman–Crippen LogP) is 4.35. The zero-order valence-electron chi connectivity index (χ0n) is 14.8. The van der Waals surface area contributed by atoms with Gasteiger partial charge in [-0.15, -0.1) is 0 Å². The molecular weight excluding hydrogens is 453 g/mol. The summed E-state index contributed by atoms with van der Waals surface area (Å²) in [7, 11) is -1.09. The van der Waals surface area contributed by atoms with Crippen LogP contribution in [-0.2, 0) is 4.57 Å². The smallest absolute Gasteiger partial charge is 0.232 e. The van der Waals surface area contributed by atoms with Crippen LogP contribution in [-0.4, -0.2) is 40.4 Å². The Labute approximate surface area is 170 Å². The van der Waals surface area contributed by atoms with Crippen molar-refractivity contribution in [2.75, 3.05) is 25.8 Å². The SMILES string of the molecule is COc1cncc(-c2ccc(Nc3nc(Cl)ncc3Br)c(P(C)(C)=O)c2)n1. The van der Waals surface area contributed by atoms with Gasteiger partial charge in [-0.3, -0.25) is 4.98 Å². The summed E-state index contributed by atoms with van der Waals surface area (Å²) in [5.74, 6) is 0.894. The van der Waals surface area contributed by atoms with Gasteiger partial charge in [0.05, 0.1) is 35.4 Å². The molecule has 0 aliphatic rings. The van der Waals surface area contributed by atoms with E-state index >= 15 is 0 Å². The van der Waals surface area contributed by atoms with Crippen LogP contribution in [0.4, 0.5) is 11.5 Å². The molecule has 2 aromatic heterocycles. The lowest BCUT2D eigenvalue weighted by Crippen LogP contribution is -2.11. The predicted molar refractivity (Wildman–Crippen MR) is 111 cm³/mol. The number of halogens is 2. The molecule has 10 heteroatoms. The molecule has 1 N–H and O–H groups in total. The summed E-state index contributed by atoms with van der Waals surface area (Å²) >= 11 is 9.26. The maximum absolute atomic E-state index is 12.9. The topological polar surface area (TPSA) is 89.9 Å². The van der Waals surface area contributed by atoms with Crippen molar-refractivity contribution in [3.8, 4) is 17.1 Å². The average molecular weight is 469 g/mol. The molecule has 1 aromatic carbocycles. The van der Waals surface area contributed by atoms with Gasteiger partial charge in [0.25, 0.3) is 0 Å². The molecule has 0 bridgehead atoms. The zero-order valence-corrected chi connectivity index (χ0v) is 18.0.